The number of nitrogens with zero attached hydrogens (tertiary/aromatic N) is 1. The van der Waals surface area contributed by atoms with Gasteiger partial charge in [0, 0.05) is 6.20 Å². The molecule has 0 spiro atoms. The summed E-state index contributed by atoms with van der Waals surface area (Å²) in [4.78, 5) is 26.6. The van der Waals surface area contributed by atoms with Crippen molar-refractivity contribution in [3.05, 3.63) is 59.2 Å². The van der Waals surface area contributed by atoms with Crippen LogP contribution in [0, 0.1) is 12.7 Å². The van der Waals surface area contributed by atoms with Crippen LogP contribution in [-0.4, -0.2) is 22.0 Å². The fraction of sp³-hybridized carbons (Fsp3) is 0.0714. The van der Waals surface area contributed by atoms with E-state index < -0.39 is 17.7 Å². The number of carboxylic acid groups (broad SMARTS) is 1. The van der Waals surface area contributed by atoms with Gasteiger partial charge in [0.25, 0.3) is 5.91 Å². The number of aromatic carboxylic acids is 1. The molecular formula is C14H11FN2O3. The molecule has 1 aromatic heterocycles. The van der Waals surface area contributed by atoms with Gasteiger partial charge in [0.2, 0.25) is 0 Å². The number of hydrogen-bond acceptors (Lipinski definition) is 3. The number of nitrogens with one attached hydrogen (secondary N) is 1. The summed E-state index contributed by atoms with van der Waals surface area (Å²) < 4.78 is 13.8. The Labute approximate surface area is 114 Å². The Morgan fingerprint density at radius 2 is 2.00 bits per heavy atom. The van der Waals surface area contributed by atoms with Gasteiger partial charge in [-0.05, 0) is 30.7 Å². The Morgan fingerprint density at radius 3 is 2.70 bits per heavy atom. The minimum atomic E-state index is -1.27. The van der Waals surface area contributed by atoms with Crippen molar-refractivity contribution >= 4 is 17.6 Å². The van der Waals surface area contributed by atoms with Gasteiger partial charge < -0.3 is 10.4 Å². The number of carboxylic acids is 1. The molecule has 1 aromatic carbocycles. The molecule has 20 heavy (non-hydrogen) atoms. The Kier molecular flexibility index (Phi) is 3.74. The molecule has 2 rings (SSSR count). The van der Waals surface area contributed by atoms with Crippen LogP contribution in [0.1, 0.15) is 26.4 Å². The topological polar surface area (TPSA) is 79.3 Å². The molecule has 2 N–H and O–H groups in total. The zero-order valence-corrected chi connectivity index (χ0v) is 10.6. The lowest BCUT2D eigenvalue weighted by molar-refractivity contribution is 0.0691. The van der Waals surface area contributed by atoms with Crippen molar-refractivity contribution in [2.24, 2.45) is 0 Å². The number of aryl methyl sites for hydroxylation is 1. The van der Waals surface area contributed by atoms with E-state index in [9.17, 15) is 14.0 Å². The van der Waals surface area contributed by atoms with Crippen LogP contribution in [0.4, 0.5) is 10.1 Å². The smallest absolute Gasteiger partial charge is 0.356 e. The Bertz CT molecular complexity index is 686. The molecule has 5 nitrogen and oxygen atoms in total. The van der Waals surface area contributed by atoms with Gasteiger partial charge in [0.15, 0.2) is 5.69 Å². The predicted octanol–water partition coefficient (Wildman–Crippen LogP) is 2.48. The number of halogens is 1. The maximum absolute atomic E-state index is 13.8. The minimum Gasteiger partial charge on any atom is -0.476 e. The highest BCUT2D eigenvalue weighted by atomic mass is 19.1. The first-order chi connectivity index (χ1) is 9.50. The molecule has 2 aromatic rings. The Balaban J connectivity index is 2.33. The van der Waals surface area contributed by atoms with Crippen molar-refractivity contribution in [1.82, 2.24) is 4.98 Å². The van der Waals surface area contributed by atoms with Crippen molar-refractivity contribution in [1.29, 1.82) is 0 Å². The van der Waals surface area contributed by atoms with E-state index in [1.165, 1.54) is 24.4 Å². The third-order valence-electron chi connectivity index (χ3n) is 2.69. The van der Waals surface area contributed by atoms with Crippen LogP contribution in [0.25, 0.3) is 0 Å². The second kappa shape index (κ2) is 5.48. The molecule has 0 aliphatic heterocycles. The van der Waals surface area contributed by atoms with Crippen LogP contribution >= 0.6 is 0 Å². The lowest BCUT2D eigenvalue weighted by Gasteiger charge is -2.09. The number of hydrogen-bond donors (Lipinski definition) is 2. The molecule has 0 saturated carbocycles. The second-order valence-corrected chi connectivity index (χ2v) is 4.10. The lowest BCUT2D eigenvalue weighted by atomic mass is 10.1. The number of aromatic nitrogens is 1. The average Bonchev–Trinajstić information content (AvgIpc) is 2.42. The van der Waals surface area contributed by atoms with Crippen LogP contribution in [-0.2, 0) is 0 Å². The predicted molar refractivity (Wildman–Crippen MR) is 70.3 cm³/mol. The van der Waals surface area contributed by atoms with Gasteiger partial charge in [-0.1, -0.05) is 12.1 Å². The maximum atomic E-state index is 13.8. The summed E-state index contributed by atoms with van der Waals surface area (Å²) in [6.45, 7) is 1.54. The summed E-state index contributed by atoms with van der Waals surface area (Å²) >= 11 is 0. The number of benzene rings is 1. The van der Waals surface area contributed by atoms with E-state index in [0.29, 0.717) is 5.56 Å². The third-order valence-corrected chi connectivity index (χ3v) is 2.69. The summed E-state index contributed by atoms with van der Waals surface area (Å²) in [5.41, 5.74) is -0.0905. The number of rotatable bonds is 3. The summed E-state index contributed by atoms with van der Waals surface area (Å²) in [7, 11) is 0. The van der Waals surface area contributed by atoms with Crippen LogP contribution in [0.5, 0.6) is 0 Å². The summed E-state index contributed by atoms with van der Waals surface area (Å²) in [6.07, 6.45) is 1.30. The molecule has 0 aliphatic carbocycles. The lowest BCUT2D eigenvalue weighted by Crippen LogP contribution is -2.17. The van der Waals surface area contributed by atoms with Gasteiger partial charge in [-0.3, -0.25) is 4.79 Å². The molecule has 0 bridgehead atoms. The zero-order valence-electron chi connectivity index (χ0n) is 10.6. The SMILES string of the molecule is Cc1cccc(C(=O)Nc2cccnc2C(=O)O)c1F. The number of anilines is 1. The molecule has 0 aliphatic rings. The first-order valence-corrected chi connectivity index (χ1v) is 5.75. The van der Waals surface area contributed by atoms with Crippen LogP contribution in [0.15, 0.2) is 36.5 Å². The molecule has 0 saturated heterocycles. The summed E-state index contributed by atoms with van der Waals surface area (Å²) in [5.74, 6) is -2.63. The van der Waals surface area contributed by atoms with E-state index in [1.54, 1.807) is 19.1 Å². The fourth-order valence-corrected chi connectivity index (χ4v) is 1.69. The normalized spacial score (nSPS) is 10.1. The number of amides is 1. The standard InChI is InChI=1S/C14H11FN2O3/c1-8-4-2-5-9(11(8)15)13(18)17-10-6-3-7-16-12(10)14(19)20/h2-7H,1H3,(H,17,18)(H,19,20). The fourth-order valence-electron chi connectivity index (χ4n) is 1.69. The Hall–Kier alpha value is -2.76. The first kappa shape index (κ1) is 13.7. The molecule has 6 heteroatoms. The molecule has 102 valence electrons. The number of carbonyl (C=O) groups is 2. The average molecular weight is 274 g/mol. The quantitative estimate of drug-likeness (QED) is 0.901. The highest BCUT2D eigenvalue weighted by Gasteiger charge is 2.17. The van der Waals surface area contributed by atoms with Gasteiger partial charge >= 0.3 is 5.97 Å². The van der Waals surface area contributed by atoms with Crippen LogP contribution < -0.4 is 5.32 Å². The maximum Gasteiger partial charge on any atom is 0.356 e. The van der Waals surface area contributed by atoms with Gasteiger partial charge in [-0.15, -0.1) is 0 Å². The van der Waals surface area contributed by atoms with Crippen molar-refractivity contribution in [2.75, 3.05) is 5.32 Å². The minimum absolute atomic E-state index is 0.0194. The highest BCUT2D eigenvalue weighted by molar-refractivity contribution is 6.07. The molecule has 0 unspecified atom stereocenters. The summed E-state index contributed by atoms with van der Waals surface area (Å²) in [6, 6.07) is 7.29. The van der Waals surface area contributed by atoms with E-state index in [2.05, 4.69) is 10.3 Å². The van der Waals surface area contributed by atoms with E-state index in [4.69, 9.17) is 5.11 Å². The number of carbonyl (C=O) groups excluding carboxylic acids is 1. The van der Waals surface area contributed by atoms with Crippen LogP contribution in [0.2, 0.25) is 0 Å². The van der Waals surface area contributed by atoms with Gasteiger partial charge in [-0.25, -0.2) is 14.2 Å². The van der Waals surface area contributed by atoms with E-state index in [1.807, 2.05) is 0 Å². The highest BCUT2D eigenvalue weighted by Crippen LogP contribution is 2.16. The van der Waals surface area contributed by atoms with Gasteiger partial charge in [-0.2, -0.15) is 0 Å². The third kappa shape index (κ3) is 2.64. The molecule has 1 amide bonds. The molecule has 0 radical (unpaired) electrons. The summed E-state index contributed by atoms with van der Waals surface area (Å²) in [5, 5.41) is 11.3. The van der Waals surface area contributed by atoms with Crippen molar-refractivity contribution in [3.63, 3.8) is 0 Å². The van der Waals surface area contributed by atoms with Gasteiger partial charge in [0.1, 0.15) is 5.82 Å². The monoisotopic (exact) mass is 274 g/mol. The second-order valence-electron chi connectivity index (χ2n) is 4.10. The number of pyridine rings is 1. The van der Waals surface area contributed by atoms with E-state index in [0.717, 1.165) is 0 Å². The van der Waals surface area contributed by atoms with E-state index >= 15 is 0 Å². The zero-order chi connectivity index (χ0) is 14.7. The molecular weight excluding hydrogens is 263 g/mol. The van der Waals surface area contributed by atoms with Crippen molar-refractivity contribution < 1.29 is 19.1 Å². The molecule has 1 heterocycles. The van der Waals surface area contributed by atoms with Crippen molar-refractivity contribution in [3.8, 4) is 0 Å². The first-order valence-electron chi connectivity index (χ1n) is 5.75. The molecule has 0 atom stereocenters. The largest absolute Gasteiger partial charge is 0.476 e. The Morgan fingerprint density at radius 1 is 1.25 bits per heavy atom. The molecule has 0 fully saturated rings. The van der Waals surface area contributed by atoms with Crippen molar-refractivity contribution in [2.45, 2.75) is 6.92 Å². The van der Waals surface area contributed by atoms with E-state index in [-0.39, 0.29) is 16.9 Å². The van der Waals surface area contributed by atoms with Gasteiger partial charge in [0.05, 0.1) is 11.3 Å². The van der Waals surface area contributed by atoms with Crippen LogP contribution in [0.3, 0.4) is 0 Å².